The molecule has 1 fully saturated rings. The molecule has 3 aliphatic heterocycles. The number of hydrogen-bond donors (Lipinski definition) is 1. The van der Waals surface area contributed by atoms with Gasteiger partial charge in [-0.25, -0.2) is 0 Å². The molecule has 0 bridgehead atoms. The largest absolute Gasteiger partial charge is 0.486 e. The zero-order valence-electron chi connectivity index (χ0n) is 17.9. The van der Waals surface area contributed by atoms with Crippen LogP contribution in [0.5, 0.6) is 11.5 Å². The van der Waals surface area contributed by atoms with Crippen molar-refractivity contribution in [3.05, 3.63) is 52.5 Å². The van der Waals surface area contributed by atoms with Crippen LogP contribution >= 0.6 is 11.6 Å². The quantitative estimate of drug-likeness (QED) is 0.709. The number of carbonyl (C=O) groups excluding carboxylic acids is 1. The van der Waals surface area contributed by atoms with E-state index in [4.69, 9.17) is 21.1 Å². The van der Waals surface area contributed by atoms with Crippen LogP contribution in [0.15, 0.2) is 45.7 Å². The van der Waals surface area contributed by atoms with E-state index >= 15 is 0 Å². The SMILES string of the molecule is O=C(NCCc1cc(Cl)c2c(c1)OCCO2)C1CCCN(C2=NS(=O)(=O)c3ccccc32)C1. The summed E-state index contributed by atoms with van der Waals surface area (Å²) in [6.07, 6.45) is 2.15. The summed E-state index contributed by atoms with van der Waals surface area (Å²) in [5.74, 6) is 1.36. The number of amides is 1. The maximum atomic E-state index is 12.9. The summed E-state index contributed by atoms with van der Waals surface area (Å²) in [6, 6.07) is 10.6. The molecule has 0 aliphatic carbocycles. The number of sulfonamides is 1. The highest BCUT2D eigenvalue weighted by atomic mass is 35.5. The van der Waals surface area contributed by atoms with Crippen LogP contribution in [0.1, 0.15) is 24.0 Å². The van der Waals surface area contributed by atoms with Crippen LogP contribution in [-0.4, -0.2) is 57.9 Å². The minimum atomic E-state index is -3.68. The predicted molar refractivity (Wildman–Crippen MR) is 124 cm³/mol. The van der Waals surface area contributed by atoms with Crippen molar-refractivity contribution in [3.8, 4) is 11.5 Å². The van der Waals surface area contributed by atoms with Crippen LogP contribution in [0.2, 0.25) is 5.02 Å². The number of piperidine rings is 1. The van der Waals surface area contributed by atoms with Crippen molar-refractivity contribution in [2.24, 2.45) is 10.3 Å². The maximum Gasteiger partial charge on any atom is 0.285 e. The standard InChI is InChI=1S/C23H24ClN3O5S/c24-18-12-15(13-19-21(18)32-11-10-31-19)7-8-25-23(28)16-4-3-9-27(14-16)22-17-5-1-2-6-20(17)33(29,30)26-22/h1-2,5-6,12-13,16H,3-4,7-11,14H2,(H,25,28). The van der Waals surface area contributed by atoms with Gasteiger partial charge in [0.15, 0.2) is 17.3 Å². The normalized spacial score (nSPS) is 20.7. The number of rotatable bonds is 4. The highest BCUT2D eigenvalue weighted by Gasteiger charge is 2.35. The predicted octanol–water partition coefficient (Wildman–Crippen LogP) is 2.63. The van der Waals surface area contributed by atoms with E-state index in [0.717, 1.165) is 18.4 Å². The zero-order chi connectivity index (χ0) is 23.0. The molecular weight excluding hydrogens is 466 g/mol. The molecule has 2 aromatic rings. The molecule has 3 aliphatic rings. The second-order valence-corrected chi connectivity index (χ2v) is 10.3. The zero-order valence-corrected chi connectivity index (χ0v) is 19.5. The summed E-state index contributed by atoms with van der Waals surface area (Å²) in [7, 11) is -3.68. The number of ether oxygens (including phenoxy) is 2. The van der Waals surface area contributed by atoms with Gasteiger partial charge in [0.05, 0.1) is 10.9 Å². The van der Waals surface area contributed by atoms with E-state index in [2.05, 4.69) is 9.71 Å². The highest BCUT2D eigenvalue weighted by Crippen LogP contribution is 2.38. The second kappa shape index (κ2) is 8.87. The van der Waals surface area contributed by atoms with Crippen molar-refractivity contribution in [3.63, 3.8) is 0 Å². The van der Waals surface area contributed by atoms with E-state index in [-0.39, 0.29) is 16.7 Å². The number of benzene rings is 2. The Morgan fingerprint density at radius 2 is 2.03 bits per heavy atom. The molecule has 5 rings (SSSR count). The lowest BCUT2D eigenvalue weighted by Gasteiger charge is -2.33. The third-order valence-electron chi connectivity index (χ3n) is 6.07. The summed E-state index contributed by atoms with van der Waals surface area (Å²) in [6.45, 7) is 2.53. The van der Waals surface area contributed by atoms with E-state index in [9.17, 15) is 13.2 Å². The Bertz CT molecular complexity index is 1230. The molecule has 174 valence electrons. The second-order valence-electron chi connectivity index (χ2n) is 8.31. The van der Waals surface area contributed by atoms with Crippen molar-refractivity contribution in [1.82, 2.24) is 10.2 Å². The minimum absolute atomic E-state index is 0.0434. The summed E-state index contributed by atoms with van der Waals surface area (Å²) in [4.78, 5) is 15.0. The molecule has 1 amide bonds. The highest BCUT2D eigenvalue weighted by molar-refractivity contribution is 7.90. The van der Waals surface area contributed by atoms with Gasteiger partial charge in [-0.15, -0.1) is 4.40 Å². The maximum absolute atomic E-state index is 12.9. The fraction of sp³-hybridized carbons (Fsp3) is 0.391. The van der Waals surface area contributed by atoms with Crippen LogP contribution in [0.3, 0.4) is 0 Å². The number of halogens is 1. The first kappa shape index (κ1) is 22.0. The molecule has 1 saturated heterocycles. The summed E-state index contributed by atoms with van der Waals surface area (Å²) >= 11 is 6.29. The Kier molecular flexibility index (Phi) is 5.92. The smallest absolute Gasteiger partial charge is 0.285 e. The van der Waals surface area contributed by atoms with Gasteiger partial charge < -0.3 is 19.7 Å². The molecule has 8 nitrogen and oxygen atoms in total. The third-order valence-corrected chi connectivity index (χ3v) is 7.68. The molecular formula is C23H24ClN3O5S. The van der Waals surface area contributed by atoms with Crippen molar-refractivity contribution in [2.45, 2.75) is 24.2 Å². The average molecular weight is 490 g/mol. The van der Waals surface area contributed by atoms with Gasteiger partial charge in [0.2, 0.25) is 5.91 Å². The minimum Gasteiger partial charge on any atom is -0.486 e. The molecule has 33 heavy (non-hydrogen) atoms. The van der Waals surface area contributed by atoms with Crippen LogP contribution < -0.4 is 14.8 Å². The number of fused-ring (bicyclic) bond motifs is 2. The Balaban J connectivity index is 1.21. The molecule has 0 spiro atoms. The van der Waals surface area contributed by atoms with Gasteiger partial charge in [-0.2, -0.15) is 8.42 Å². The first-order chi connectivity index (χ1) is 15.9. The number of likely N-dealkylation sites (tertiary alicyclic amines) is 1. The van der Waals surface area contributed by atoms with Gasteiger partial charge in [-0.1, -0.05) is 23.7 Å². The third kappa shape index (κ3) is 4.39. The van der Waals surface area contributed by atoms with Crippen LogP contribution in [0.25, 0.3) is 0 Å². The monoisotopic (exact) mass is 489 g/mol. The molecule has 1 N–H and O–H groups in total. The molecule has 3 heterocycles. The number of hydrogen-bond acceptors (Lipinski definition) is 6. The van der Waals surface area contributed by atoms with Gasteiger partial charge >= 0.3 is 0 Å². The lowest BCUT2D eigenvalue weighted by Crippen LogP contribution is -2.45. The van der Waals surface area contributed by atoms with E-state index in [0.29, 0.717) is 67.2 Å². The topological polar surface area (TPSA) is 97.3 Å². The van der Waals surface area contributed by atoms with Crippen molar-refractivity contribution >= 4 is 33.4 Å². The molecule has 0 radical (unpaired) electrons. The number of amidine groups is 1. The average Bonchev–Trinajstić information content (AvgIpc) is 3.10. The number of carbonyl (C=O) groups is 1. The van der Waals surface area contributed by atoms with E-state index < -0.39 is 10.0 Å². The number of nitrogens with zero attached hydrogens (tertiary/aromatic N) is 2. The van der Waals surface area contributed by atoms with Gasteiger partial charge in [-0.3, -0.25) is 4.79 Å². The van der Waals surface area contributed by atoms with Gasteiger partial charge in [0.1, 0.15) is 18.1 Å². The fourth-order valence-electron chi connectivity index (χ4n) is 4.48. The lowest BCUT2D eigenvalue weighted by molar-refractivity contribution is -0.126. The number of nitrogens with one attached hydrogen (secondary N) is 1. The van der Waals surface area contributed by atoms with E-state index in [1.54, 1.807) is 24.3 Å². The Hall–Kier alpha value is -2.78. The van der Waals surface area contributed by atoms with Crippen molar-refractivity contribution in [1.29, 1.82) is 0 Å². The van der Waals surface area contributed by atoms with Crippen LogP contribution in [0, 0.1) is 5.92 Å². The van der Waals surface area contributed by atoms with Gasteiger partial charge in [0, 0.05) is 25.2 Å². The first-order valence-corrected chi connectivity index (χ1v) is 12.8. The Morgan fingerprint density at radius 1 is 1.21 bits per heavy atom. The van der Waals surface area contributed by atoms with Crippen molar-refractivity contribution < 1.29 is 22.7 Å². The van der Waals surface area contributed by atoms with E-state index in [1.165, 1.54) is 0 Å². The first-order valence-electron chi connectivity index (χ1n) is 11.0. The molecule has 1 atom stereocenters. The molecule has 2 aromatic carbocycles. The molecule has 0 aromatic heterocycles. The summed E-state index contributed by atoms with van der Waals surface area (Å²) < 4.78 is 39.9. The van der Waals surface area contributed by atoms with Crippen LogP contribution in [-0.2, 0) is 21.2 Å². The molecule has 10 heteroatoms. The van der Waals surface area contributed by atoms with Crippen molar-refractivity contribution in [2.75, 3.05) is 32.8 Å². The van der Waals surface area contributed by atoms with Gasteiger partial charge in [0.25, 0.3) is 10.0 Å². The lowest BCUT2D eigenvalue weighted by atomic mass is 9.96. The summed E-state index contributed by atoms with van der Waals surface area (Å²) in [5, 5.41) is 3.51. The fourth-order valence-corrected chi connectivity index (χ4v) is 6.00. The Morgan fingerprint density at radius 3 is 2.91 bits per heavy atom. The molecule has 0 saturated carbocycles. The molecule has 1 unspecified atom stereocenters. The van der Waals surface area contributed by atoms with Gasteiger partial charge in [-0.05, 0) is 49.1 Å². The Labute approximate surface area is 197 Å². The van der Waals surface area contributed by atoms with Crippen LogP contribution in [0.4, 0.5) is 0 Å². The van der Waals surface area contributed by atoms with E-state index in [1.807, 2.05) is 17.0 Å². The summed E-state index contributed by atoms with van der Waals surface area (Å²) in [5.41, 5.74) is 1.56.